The Balaban J connectivity index is 1.58. The number of amides is 1. The fourth-order valence-corrected chi connectivity index (χ4v) is 4.95. The predicted molar refractivity (Wildman–Crippen MR) is 126 cm³/mol. The minimum absolute atomic E-state index is 0.119. The molecule has 1 aromatic carbocycles. The zero-order chi connectivity index (χ0) is 23.7. The second kappa shape index (κ2) is 9.26. The molecule has 34 heavy (non-hydrogen) atoms. The van der Waals surface area contributed by atoms with Crippen molar-refractivity contribution >= 4 is 39.1 Å². The molecule has 1 N–H and O–H groups in total. The number of nitro groups is 1. The Hall–Kier alpha value is -3.73. The van der Waals surface area contributed by atoms with Crippen LogP contribution in [0.3, 0.4) is 0 Å². The van der Waals surface area contributed by atoms with Crippen LogP contribution in [-0.4, -0.2) is 30.6 Å². The lowest BCUT2D eigenvalue weighted by molar-refractivity contribution is -0.380. The molecule has 0 bridgehead atoms. The highest BCUT2D eigenvalue weighted by molar-refractivity contribution is 7.17. The molecule has 1 saturated carbocycles. The molecule has 0 unspecified atom stereocenters. The predicted octanol–water partition coefficient (Wildman–Crippen LogP) is 5.75. The molecule has 5 rings (SSSR count). The molecule has 0 spiro atoms. The molecule has 0 radical (unpaired) electrons. The summed E-state index contributed by atoms with van der Waals surface area (Å²) in [7, 11) is 0. The van der Waals surface area contributed by atoms with Gasteiger partial charge in [-0.15, -0.1) is 0 Å². The maximum Gasteiger partial charge on any atom is 0.324 e. The van der Waals surface area contributed by atoms with Gasteiger partial charge in [0.2, 0.25) is 0 Å². The molecule has 1 amide bonds. The summed E-state index contributed by atoms with van der Waals surface area (Å²) in [5.41, 5.74) is 1.19. The van der Waals surface area contributed by atoms with Crippen LogP contribution in [0.15, 0.2) is 42.6 Å². The molecule has 0 saturated heterocycles. The SMILES string of the molecule is O=C(Nc1nc(-c2ccc(F)cc2)nc2c1cnn2C1CCCCCC1)c1ccc([N+](=O)[O-])s1. The van der Waals surface area contributed by atoms with Gasteiger partial charge in [-0.1, -0.05) is 37.0 Å². The van der Waals surface area contributed by atoms with Crippen LogP contribution < -0.4 is 5.32 Å². The molecule has 174 valence electrons. The van der Waals surface area contributed by atoms with E-state index in [2.05, 4.69) is 15.4 Å². The topological polar surface area (TPSA) is 116 Å². The van der Waals surface area contributed by atoms with E-state index in [9.17, 15) is 19.3 Å². The van der Waals surface area contributed by atoms with Gasteiger partial charge in [-0.3, -0.25) is 14.9 Å². The number of benzene rings is 1. The second-order valence-electron chi connectivity index (χ2n) is 8.22. The minimum Gasteiger partial charge on any atom is -0.305 e. The van der Waals surface area contributed by atoms with Gasteiger partial charge < -0.3 is 5.32 Å². The summed E-state index contributed by atoms with van der Waals surface area (Å²) in [6, 6.07) is 8.71. The Morgan fingerprint density at radius 2 is 1.82 bits per heavy atom. The molecule has 11 heteroatoms. The third-order valence-corrected chi connectivity index (χ3v) is 6.99. The molecule has 0 atom stereocenters. The van der Waals surface area contributed by atoms with Gasteiger partial charge in [-0.05, 0) is 43.2 Å². The standard InChI is InChI=1S/C23H21FN6O3S/c24-15-9-7-14(8-10-15)20-26-21(28-23(31)18-11-12-19(34-18)30(32)33)17-13-25-29(22(17)27-20)16-5-3-1-2-4-6-16/h7-13,16H,1-6H2,(H,26,27,28,31). The summed E-state index contributed by atoms with van der Waals surface area (Å²) < 4.78 is 15.4. The Bertz CT molecular complexity index is 1360. The van der Waals surface area contributed by atoms with E-state index in [0.717, 1.165) is 37.0 Å². The lowest BCUT2D eigenvalue weighted by Gasteiger charge is -2.16. The largest absolute Gasteiger partial charge is 0.324 e. The van der Waals surface area contributed by atoms with E-state index in [4.69, 9.17) is 4.98 Å². The van der Waals surface area contributed by atoms with Crippen molar-refractivity contribution in [2.24, 2.45) is 0 Å². The maximum atomic E-state index is 13.5. The first kappa shape index (κ1) is 22.1. The van der Waals surface area contributed by atoms with Gasteiger partial charge in [-0.2, -0.15) is 5.10 Å². The summed E-state index contributed by atoms with van der Waals surface area (Å²) >= 11 is 0.789. The maximum absolute atomic E-state index is 13.5. The number of hydrogen-bond donors (Lipinski definition) is 1. The summed E-state index contributed by atoms with van der Waals surface area (Å²) in [5.74, 6) is -0.299. The van der Waals surface area contributed by atoms with E-state index in [0.29, 0.717) is 22.4 Å². The molecule has 1 aliphatic rings. The van der Waals surface area contributed by atoms with E-state index in [1.807, 2.05) is 4.68 Å². The number of rotatable bonds is 5. The molecule has 3 aromatic heterocycles. The van der Waals surface area contributed by atoms with Crippen LogP contribution in [0.5, 0.6) is 0 Å². The first-order chi connectivity index (χ1) is 16.5. The van der Waals surface area contributed by atoms with Crippen molar-refractivity contribution in [1.82, 2.24) is 19.7 Å². The van der Waals surface area contributed by atoms with Crippen molar-refractivity contribution in [3.8, 4) is 11.4 Å². The Kier molecular flexibility index (Phi) is 6.01. The minimum atomic E-state index is -0.534. The summed E-state index contributed by atoms with van der Waals surface area (Å²) in [4.78, 5) is 32.8. The van der Waals surface area contributed by atoms with Crippen molar-refractivity contribution in [2.75, 3.05) is 5.32 Å². The molecule has 4 aromatic rings. The number of hydrogen-bond acceptors (Lipinski definition) is 7. The average Bonchev–Trinajstić information content (AvgIpc) is 3.41. The van der Waals surface area contributed by atoms with E-state index < -0.39 is 10.8 Å². The molecular weight excluding hydrogens is 459 g/mol. The van der Waals surface area contributed by atoms with Gasteiger partial charge >= 0.3 is 5.00 Å². The quantitative estimate of drug-likeness (QED) is 0.221. The average molecular weight is 481 g/mol. The van der Waals surface area contributed by atoms with Crippen LogP contribution in [0.2, 0.25) is 0 Å². The number of carbonyl (C=O) groups is 1. The summed E-state index contributed by atoms with van der Waals surface area (Å²) in [5, 5.41) is 18.8. The van der Waals surface area contributed by atoms with Gasteiger partial charge in [0.25, 0.3) is 5.91 Å². The Labute approximate surface area is 197 Å². The fourth-order valence-electron chi connectivity index (χ4n) is 4.24. The van der Waals surface area contributed by atoms with Gasteiger partial charge in [0.05, 0.1) is 27.4 Å². The van der Waals surface area contributed by atoms with Gasteiger partial charge in [0.1, 0.15) is 11.6 Å². The number of halogens is 1. The number of fused-ring (bicyclic) bond motifs is 1. The van der Waals surface area contributed by atoms with Crippen LogP contribution in [0.4, 0.5) is 15.2 Å². The van der Waals surface area contributed by atoms with E-state index in [1.54, 1.807) is 18.3 Å². The summed E-state index contributed by atoms with van der Waals surface area (Å²) in [6.07, 6.45) is 8.24. The molecular formula is C23H21FN6O3S. The third-order valence-electron chi connectivity index (χ3n) is 5.95. The lowest BCUT2D eigenvalue weighted by atomic mass is 10.1. The number of anilines is 1. The van der Waals surface area contributed by atoms with Crippen molar-refractivity contribution in [3.05, 3.63) is 63.4 Å². The van der Waals surface area contributed by atoms with Crippen molar-refractivity contribution < 1.29 is 14.1 Å². The highest BCUT2D eigenvalue weighted by Crippen LogP contribution is 2.32. The Morgan fingerprint density at radius 3 is 2.50 bits per heavy atom. The van der Waals surface area contributed by atoms with Crippen LogP contribution in [-0.2, 0) is 0 Å². The first-order valence-corrected chi connectivity index (χ1v) is 11.9. The van der Waals surface area contributed by atoms with Crippen molar-refractivity contribution in [2.45, 2.75) is 44.6 Å². The number of nitrogens with one attached hydrogen (secondary N) is 1. The third kappa shape index (κ3) is 4.38. The number of nitrogens with zero attached hydrogens (tertiary/aromatic N) is 5. The normalized spacial score (nSPS) is 14.7. The molecule has 9 nitrogen and oxygen atoms in total. The van der Waals surface area contributed by atoms with E-state index in [-0.39, 0.29) is 27.6 Å². The highest BCUT2D eigenvalue weighted by atomic mass is 32.1. The number of aromatic nitrogens is 4. The van der Waals surface area contributed by atoms with Crippen LogP contribution >= 0.6 is 11.3 Å². The van der Waals surface area contributed by atoms with Crippen LogP contribution in [0, 0.1) is 15.9 Å². The number of carbonyl (C=O) groups excluding carboxylic acids is 1. The van der Waals surface area contributed by atoms with Gasteiger partial charge in [0, 0.05) is 11.6 Å². The van der Waals surface area contributed by atoms with Crippen LogP contribution in [0.1, 0.15) is 54.2 Å². The van der Waals surface area contributed by atoms with Crippen molar-refractivity contribution in [3.63, 3.8) is 0 Å². The van der Waals surface area contributed by atoms with Crippen LogP contribution in [0.25, 0.3) is 22.4 Å². The molecule has 1 aliphatic carbocycles. The smallest absolute Gasteiger partial charge is 0.305 e. The van der Waals surface area contributed by atoms with E-state index in [1.165, 1.54) is 37.1 Å². The molecule has 1 fully saturated rings. The first-order valence-electron chi connectivity index (χ1n) is 11.1. The zero-order valence-electron chi connectivity index (χ0n) is 18.1. The Morgan fingerprint density at radius 1 is 1.09 bits per heavy atom. The highest BCUT2D eigenvalue weighted by Gasteiger charge is 2.23. The monoisotopic (exact) mass is 480 g/mol. The molecule has 3 heterocycles. The molecule has 0 aliphatic heterocycles. The lowest BCUT2D eigenvalue weighted by Crippen LogP contribution is -2.14. The van der Waals surface area contributed by atoms with Gasteiger partial charge in [-0.25, -0.2) is 19.0 Å². The summed E-state index contributed by atoms with van der Waals surface area (Å²) in [6.45, 7) is 0. The second-order valence-corrected chi connectivity index (χ2v) is 9.29. The van der Waals surface area contributed by atoms with E-state index >= 15 is 0 Å². The fraction of sp³-hybridized carbons (Fsp3) is 0.304. The zero-order valence-corrected chi connectivity index (χ0v) is 18.9. The van der Waals surface area contributed by atoms with Crippen molar-refractivity contribution in [1.29, 1.82) is 0 Å². The van der Waals surface area contributed by atoms with Gasteiger partial charge in [0.15, 0.2) is 11.5 Å². The number of thiophene rings is 1.